The van der Waals surface area contributed by atoms with E-state index in [2.05, 4.69) is 10.6 Å². The molecular weight excluding hydrogens is 382 g/mol. The Morgan fingerprint density at radius 1 is 1.04 bits per heavy atom. The molecule has 2 N–H and O–H groups in total. The van der Waals surface area contributed by atoms with Gasteiger partial charge in [-0.1, -0.05) is 6.07 Å². The third kappa shape index (κ3) is 3.40. The third-order valence-corrected chi connectivity index (χ3v) is 4.28. The van der Waals surface area contributed by atoms with Crippen LogP contribution in [0.25, 0.3) is 0 Å². The number of nitrogens with zero attached hydrogens (tertiary/aromatic N) is 1. The van der Waals surface area contributed by atoms with Gasteiger partial charge in [-0.2, -0.15) is 0 Å². The summed E-state index contributed by atoms with van der Waals surface area (Å²) in [5.74, 6) is -5.99. The van der Waals surface area contributed by atoms with Gasteiger partial charge in [-0.15, -0.1) is 0 Å². The van der Waals surface area contributed by atoms with Gasteiger partial charge < -0.3 is 10.6 Å². The molecule has 1 aliphatic heterocycles. The van der Waals surface area contributed by atoms with Crippen molar-refractivity contribution in [1.29, 1.82) is 0 Å². The summed E-state index contributed by atoms with van der Waals surface area (Å²) in [4.78, 5) is 37.4. The first-order valence-corrected chi connectivity index (χ1v) is 7.96. The zero-order chi connectivity index (χ0) is 20.6. The van der Waals surface area contributed by atoms with Crippen LogP contribution in [0.3, 0.4) is 0 Å². The summed E-state index contributed by atoms with van der Waals surface area (Å²) in [5.41, 5.74) is -2.06. The molecule has 1 saturated heterocycles. The number of rotatable bonds is 4. The van der Waals surface area contributed by atoms with Gasteiger partial charge in [0.15, 0.2) is 11.6 Å². The molecule has 6 nitrogen and oxygen atoms in total. The summed E-state index contributed by atoms with van der Waals surface area (Å²) in [6.45, 7) is 0.512. The zero-order valence-electron chi connectivity index (χ0n) is 14.4. The molecule has 0 spiro atoms. The molecular formula is C18H13F4N3O3. The number of imide groups is 1. The fourth-order valence-corrected chi connectivity index (χ4v) is 2.77. The lowest BCUT2D eigenvalue weighted by Gasteiger charge is -2.22. The molecule has 0 saturated carbocycles. The van der Waals surface area contributed by atoms with Crippen molar-refractivity contribution in [2.24, 2.45) is 0 Å². The smallest absolute Gasteiger partial charge is 0.322 e. The Kier molecular flexibility index (Phi) is 4.80. The van der Waals surface area contributed by atoms with Gasteiger partial charge in [0.25, 0.3) is 5.91 Å². The third-order valence-electron chi connectivity index (χ3n) is 4.28. The maximum absolute atomic E-state index is 13.6. The molecule has 28 heavy (non-hydrogen) atoms. The number of anilines is 1. The van der Waals surface area contributed by atoms with Crippen molar-refractivity contribution in [1.82, 2.24) is 10.2 Å². The monoisotopic (exact) mass is 395 g/mol. The van der Waals surface area contributed by atoms with Crippen LogP contribution in [0.1, 0.15) is 12.5 Å². The number of urea groups is 1. The Hall–Kier alpha value is -3.43. The van der Waals surface area contributed by atoms with E-state index < -0.39 is 53.2 Å². The highest BCUT2D eigenvalue weighted by Gasteiger charge is 2.49. The number of benzene rings is 2. The van der Waals surface area contributed by atoms with Crippen molar-refractivity contribution in [3.63, 3.8) is 0 Å². The highest BCUT2D eigenvalue weighted by atomic mass is 19.2. The molecule has 1 fully saturated rings. The predicted octanol–water partition coefficient (Wildman–Crippen LogP) is 2.65. The quantitative estimate of drug-likeness (QED) is 0.617. The Bertz CT molecular complexity index is 998. The van der Waals surface area contributed by atoms with Crippen molar-refractivity contribution in [3.8, 4) is 0 Å². The van der Waals surface area contributed by atoms with Gasteiger partial charge in [0.05, 0.1) is 5.69 Å². The van der Waals surface area contributed by atoms with E-state index in [0.29, 0.717) is 11.0 Å². The van der Waals surface area contributed by atoms with E-state index in [4.69, 9.17) is 0 Å². The van der Waals surface area contributed by atoms with Crippen LogP contribution in [0.15, 0.2) is 36.4 Å². The molecule has 0 bridgehead atoms. The summed E-state index contributed by atoms with van der Waals surface area (Å²) in [7, 11) is 0. The second-order valence-electron chi connectivity index (χ2n) is 6.25. The Balaban J connectivity index is 1.77. The van der Waals surface area contributed by atoms with Gasteiger partial charge in [-0.3, -0.25) is 14.5 Å². The summed E-state index contributed by atoms with van der Waals surface area (Å²) >= 11 is 0. The normalized spacial score (nSPS) is 19.0. The average molecular weight is 395 g/mol. The van der Waals surface area contributed by atoms with Gasteiger partial charge in [-0.05, 0) is 36.8 Å². The van der Waals surface area contributed by atoms with Crippen LogP contribution in [0.5, 0.6) is 0 Å². The molecule has 10 heteroatoms. The van der Waals surface area contributed by atoms with Gasteiger partial charge in [-0.25, -0.2) is 22.4 Å². The second-order valence-corrected chi connectivity index (χ2v) is 6.25. The van der Waals surface area contributed by atoms with Crippen LogP contribution < -0.4 is 10.6 Å². The average Bonchev–Trinajstić information content (AvgIpc) is 2.84. The number of hydrogen-bond donors (Lipinski definition) is 2. The lowest BCUT2D eigenvalue weighted by molar-refractivity contribution is -0.133. The van der Waals surface area contributed by atoms with Crippen molar-refractivity contribution >= 4 is 23.5 Å². The molecule has 1 aliphatic rings. The predicted molar refractivity (Wildman–Crippen MR) is 88.9 cm³/mol. The second kappa shape index (κ2) is 6.95. The van der Waals surface area contributed by atoms with E-state index in [0.717, 1.165) is 30.3 Å². The van der Waals surface area contributed by atoms with Gasteiger partial charge in [0, 0.05) is 6.07 Å². The first-order chi connectivity index (χ1) is 13.1. The van der Waals surface area contributed by atoms with Crippen LogP contribution in [0, 0.1) is 23.3 Å². The van der Waals surface area contributed by atoms with E-state index in [1.165, 1.54) is 6.92 Å². The fourth-order valence-electron chi connectivity index (χ4n) is 2.77. The number of nitrogens with one attached hydrogen (secondary N) is 2. The first kappa shape index (κ1) is 19.3. The van der Waals surface area contributed by atoms with E-state index in [1.54, 1.807) is 0 Å². The molecule has 0 aliphatic carbocycles. The Morgan fingerprint density at radius 2 is 1.75 bits per heavy atom. The molecule has 0 aromatic heterocycles. The van der Waals surface area contributed by atoms with E-state index >= 15 is 0 Å². The Morgan fingerprint density at radius 3 is 2.39 bits per heavy atom. The van der Waals surface area contributed by atoms with Gasteiger partial charge in [0.1, 0.15) is 23.7 Å². The molecule has 1 atom stereocenters. The minimum Gasteiger partial charge on any atom is -0.322 e. The first-order valence-electron chi connectivity index (χ1n) is 7.96. The van der Waals surface area contributed by atoms with Crippen LogP contribution in [-0.2, 0) is 15.1 Å². The lowest BCUT2D eigenvalue weighted by atomic mass is 9.92. The molecule has 1 unspecified atom stereocenters. The minimum absolute atomic E-state index is 0.0164. The van der Waals surface area contributed by atoms with Crippen LogP contribution in [-0.4, -0.2) is 29.3 Å². The highest BCUT2D eigenvalue weighted by molar-refractivity contribution is 6.10. The van der Waals surface area contributed by atoms with Gasteiger partial charge in [0.2, 0.25) is 5.91 Å². The SMILES string of the molecule is CC1(c2ccc(F)c(F)c2)NC(=O)N(CC(=O)Nc2ccc(F)cc2F)C1=O. The summed E-state index contributed by atoms with van der Waals surface area (Å²) < 4.78 is 53.2. The number of halogens is 4. The van der Waals surface area contributed by atoms with Crippen LogP contribution in [0.2, 0.25) is 0 Å². The highest BCUT2D eigenvalue weighted by Crippen LogP contribution is 2.29. The van der Waals surface area contributed by atoms with Gasteiger partial charge >= 0.3 is 6.03 Å². The molecule has 2 aromatic rings. The van der Waals surface area contributed by atoms with Crippen molar-refractivity contribution in [2.75, 3.05) is 11.9 Å². The minimum atomic E-state index is -1.72. The van der Waals surface area contributed by atoms with E-state index in [9.17, 15) is 31.9 Å². The summed E-state index contributed by atoms with van der Waals surface area (Å²) in [6.07, 6.45) is 0. The molecule has 2 aromatic carbocycles. The summed E-state index contributed by atoms with van der Waals surface area (Å²) in [5, 5.41) is 4.45. The van der Waals surface area contributed by atoms with Crippen LogP contribution in [0.4, 0.5) is 28.0 Å². The maximum atomic E-state index is 13.6. The van der Waals surface area contributed by atoms with E-state index in [-0.39, 0.29) is 11.3 Å². The molecule has 4 amide bonds. The largest absolute Gasteiger partial charge is 0.325 e. The maximum Gasteiger partial charge on any atom is 0.325 e. The van der Waals surface area contributed by atoms with Crippen molar-refractivity contribution < 1.29 is 31.9 Å². The number of carbonyl (C=O) groups is 3. The summed E-state index contributed by atoms with van der Waals surface area (Å²) in [6, 6.07) is 4.24. The zero-order valence-corrected chi connectivity index (χ0v) is 14.4. The van der Waals surface area contributed by atoms with Crippen LogP contribution >= 0.6 is 0 Å². The van der Waals surface area contributed by atoms with Crippen molar-refractivity contribution in [3.05, 3.63) is 65.2 Å². The topological polar surface area (TPSA) is 78.5 Å². The fraction of sp³-hybridized carbons (Fsp3) is 0.167. The molecule has 3 rings (SSSR count). The molecule has 1 heterocycles. The number of amides is 4. The van der Waals surface area contributed by atoms with E-state index in [1.807, 2.05) is 0 Å². The molecule has 0 radical (unpaired) electrons. The molecule has 146 valence electrons. The van der Waals surface area contributed by atoms with Crippen molar-refractivity contribution in [2.45, 2.75) is 12.5 Å². The standard InChI is InChI=1S/C18H13F4N3O3/c1-18(9-2-4-11(20)12(21)6-9)16(27)25(17(28)24-18)8-15(26)23-14-5-3-10(19)7-13(14)22/h2-7H,8H2,1H3,(H,23,26)(H,24,28). The number of carbonyl (C=O) groups excluding carboxylic acids is 3. The lowest BCUT2D eigenvalue weighted by Crippen LogP contribution is -2.42. The Labute approximate surface area is 156 Å². The number of hydrogen-bond acceptors (Lipinski definition) is 3.